The molecule has 1 amide bonds. The van der Waals surface area contributed by atoms with E-state index in [1.807, 2.05) is 11.8 Å². The van der Waals surface area contributed by atoms with Crippen molar-refractivity contribution in [3.63, 3.8) is 0 Å². The topological polar surface area (TPSA) is 55.6 Å². The standard InChI is InChI=1S/C12H22N2O2/c1-8-9(2)16-6-5-14(8)12(15)10-3-4-11(13)7-10/h8-11H,3-7,13H2,1-2H3/t8-,9-,10+,11-/m0/s1. The van der Waals surface area contributed by atoms with Crippen molar-refractivity contribution in [2.75, 3.05) is 13.2 Å². The molecule has 0 spiro atoms. The van der Waals surface area contributed by atoms with Gasteiger partial charge in [0.15, 0.2) is 0 Å². The molecule has 1 saturated heterocycles. The van der Waals surface area contributed by atoms with Crippen molar-refractivity contribution >= 4 is 5.91 Å². The van der Waals surface area contributed by atoms with E-state index in [-0.39, 0.29) is 30.0 Å². The molecule has 1 aliphatic carbocycles. The summed E-state index contributed by atoms with van der Waals surface area (Å²) in [5.41, 5.74) is 5.86. The molecule has 4 heteroatoms. The third kappa shape index (κ3) is 2.23. The Hall–Kier alpha value is -0.610. The van der Waals surface area contributed by atoms with Gasteiger partial charge in [-0.25, -0.2) is 0 Å². The lowest BCUT2D eigenvalue weighted by Gasteiger charge is -2.39. The molecular formula is C12H22N2O2. The molecule has 1 heterocycles. The predicted molar refractivity (Wildman–Crippen MR) is 61.9 cm³/mol. The van der Waals surface area contributed by atoms with E-state index >= 15 is 0 Å². The van der Waals surface area contributed by atoms with Gasteiger partial charge < -0.3 is 15.4 Å². The van der Waals surface area contributed by atoms with Gasteiger partial charge in [-0.15, -0.1) is 0 Å². The zero-order valence-corrected chi connectivity index (χ0v) is 10.2. The summed E-state index contributed by atoms with van der Waals surface area (Å²) in [6.45, 7) is 5.49. The fourth-order valence-electron chi connectivity index (χ4n) is 2.72. The summed E-state index contributed by atoms with van der Waals surface area (Å²) in [6, 6.07) is 0.417. The van der Waals surface area contributed by atoms with Crippen molar-refractivity contribution in [3.8, 4) is 0 Å². The first-order valence-corrected chi connectivity index (χ1v) is 6.27. The molecule has 0 radical (unpaired) electrons. The second-order valence-corrected chi connectivity index (χ2v) is 5.12. The number of hydrogen-bond donors (Lipinski definition) is 1. The Morgan fingerprint density at radius 1 is 1.38 bits per heavy atom. The van der Waals surface area contributed by atoms with Crippen LogP contribution in [0.15, 0.2) is 0 Å². The highest BCUT2D eigenvalue weighted by molar-refractivity contribution is 5.79. The lowest BCUT2D eigenvalue weighted by molar-refractivity contribution is -0.148. The molecule has 4 nitrogen and oxygen atoms in total. The van der Waals surface area contributed by atoms with Gasteiger partial charge in [-0.1, -0.05) is 0 Å². The number of ether oxygens (including phenoxy) is 1. The number of morpholine rings is 1. The van der Waals surface area contributed by atoms with Gasteiger partial charge in [-0.2, -0.15) is 0 Å². The zero-order valence-electron chi connectivity index (χ0n) is 10.2. The highest BCUT2D eigenvalue weighted by Crippen LogP contribution is 2.28. The second kappa shape index (κ2) is 4.72. The predicted octanol–water partition coefficient (Wildman–Crippen LogP) is 0.750. The van der Waals surface area contributed by atoms with E-state index in [1.165, 1.54) is 0 Å². The average molecular weight is 226 g/mol. The Balaban J connectivity index is 1.98. The Bertz CT molecular complexity index is 270. The van der Waals surface area contributed by atoms with E-state index in [9.17, 15) is 4.79 Å². The molecule has 0 unspecified atom stereocenters. The summed E-state index contributed by atoms with van der Waals surface area (Å²) < 4.78 is 5.54. The molecule has 0 aromatic carbocycles. The molecule has 4 atom stereocenters. The summed E-state index contributed by atoms with van der Waals surface area (Å²) in [6.07, 6.45) is 2.95. The Morgan fingerprint density at radius 2 is 2.12 bits per heavy atom. The number of carbonyl (C=O) groups excluding carboxylic acids is 1. The van der Waals surface area contributed by atoms with Crippen molar-refractivity contribution in [1.29, 1.82) is 0 Å². The van der Waals surface area contributed by atoms with Gasteiger partial charge >= 0.3 is 0 Å². The quantitative estimate of drug-likeness (QED) is 0.718. The highest BCUT2D eigenvalue weighted by atomic mass is 16.5. The summed E-state index contributed by atoms with van der Waals surface area (Å²) in [5.74, 6) is 0.443. The lowest BCUT2D eigenvalue weighted by atomic mass is 10.0. The summed E-state index contributed by atoms with van der Waals surface area (Å²) >= 11 is 0. The van der Waals surface area contributed by atoms with Gasteiger partial charge in [0.2, 0.25) is 5.91 Å². The minimum atomic E-state index is 0.146. The van der Waals surface area contributed by atoms with Crippen LogP contribution in [0.5, 0.6) is 0 Å². The van der Waals surface area contributed by atoms with E-state index in [4.69, 9.17) is 10.5 Å². The van der Waals surface area contributed by atoms with E-state index in [1.54, 1.807) is 0 Å². The SMILES string of the molecule is C[C@@H]1OCCN(C(=O)[C@@H]2CC[C@H](N)C2)[C@H]1C. The van der Waals surface area contributed by atoms with Crippen LogP contribution < -0.4 is 5.73 Å². The Kier molecular flexibility index (Phi) is 3.50. The minimum Gasteiger partial charge on any atom is -0.375 e. The van der Waals surface area contributed by atoms with Crippen LogP contribution in [0.25, 0.3) is 0 Å². The normalized spacial score (nSPS) is 40.1. The van der Waals surface area contributed by atoms with Crippen LogP contribution in [-0.2, 0) is 9.53 Å². The first-order valence-electron chi connectivity index (χ1n) is 6.27. The van der Waals surface area contributed by atoms with Gasteiger partial charge in [-0.3, -0.25) is 4.79 Å². The third-order valence-electron chi connectivity index (χ3n) is 3.99. The monoisotopic (exact) mass is 226 g/mol. The average Bonchev–Trinajstić information content (AvgIpc) is 2.68. The van der Waals surface area contributed by atoms with E-state index in [0.717, 1.165) is 25.8 Å². The molecule has 1 saturated carbocycles. The fourth-order valence-corrected chi connectivity index (χ4v) is 2.72. The maximum atomic E-state index is 12.3. The van der Waals surface area contributed by atoms with Crippen LogP contribution in [0.1, 0.15) is 33.1 Å². The molecule has 92 valence electrons. The van der Waals surface area contributed by atoms with Crippen molar-refractivity contribution in [3.05, 3.63) is 0 Å². The van der Waals surface area contributed by atoms with E-state index in [2.05, 4.69) is 6.92 Å². The van der Waals surface area contributed by atoms with Gasteiger partial charge in [0.1, 0.15) is 0 Å². The number of amides is 1. The molecular weight excluding hydrogens is 204 g/mol. The number of carbonyl (C=O) groups is 1. The number of nitrogens with two attached hydrogens (primary N) is 1. The van der Waals surface area contributed by atoms with Gasteiger partial charge in [-0.05, 0) is 33.1 Å². The summed E-state index contributed by atoms with van der Waals surface area (Å²) in [5, 5.41) is 0. The van der Waals surface area contributed by atoms with Crippen LogP contribution in [0.2, 0.25) is 0 Å². The molecule has 2 N–H and O–H groups in total. The van der Waals surface area contributed by atoms with Gasteiger partial charge in [0.05, 0.1) is 18.8 Å². The summed E-state index contributed by atoms with van der Waals surface area (Å²) in [4.78, 5) is 14.3. The zero-order chi connectivity index (χ0) is 11.7. The first kappa shape index (κ1) is 11.9. The van der Waals surface area contributed by atoms with Crippen LogP contribution >= 0.6 is 0 Å². The van der Waals surface area contributed by atoms with Crippen molar-refractivity contribution in [2.45, 2.75) is 51.3 Å². The molecule has 2 rings (SSSR count). The molecule has 0 aromatic rings. The van der Waals surface area contributed by atoms with Crippen LogP contribution in [-0.4, -0.2) is 42.1 Å². The largest absolute Gasteiger partial charge is 0.375 e. The molecule has 1 aliphatic heterocycles. The summed E-state index contributed by atoms with van der Waals surface area (Å²) in [7, 11) is 0. The number of nitrogens with zero attached hydrogens (tertiary/aromatic N) is 1. The maximum absolute atomic E-state index is 12.3. The fraction of sp³-hybridized carbons (Fsp3) is 0.917. The van der Waals surface area contributed by atoms with Crippen LogP contribution in [0, 0.1) is 5.92 Å². The molecule has 2 aliphatic rings. The van der Waals surface area contributed by atoms with E-state index in [0.29, 0.717) is 6.61 Å². The third-order valence-corrected chi connectivity index (χ3v) is 3.99. The lowest BCUT2D eigenvalue weighted by Crippen LogP contribution is -2.52. The van der Waals surface area contributed by atoms with Crippen molar-refractivity contribution < 1.29 is 9.53 Å². The number of hydrogen-bond acceptors (Lipinski definition) is 3. The molecule has 16 heavy (non-hydrogen) atoms. The van der Waals surface area contributed by atoms with Crippen LogP contribution in [0.4, 0.5) is 0 Å². The molecule has 0 bridgehead atoms. The molecule has 0 aromatic heterocycles. The highest BCUT2D eigenvalue weighted by Gasteiger charge is 2.35. The Morgan fingerprint density at radius 3 is 2.75 bits per heavy atom. The van der Waals surface area contributed by atoms with Crippen molar-refractivity contribution in [1.82, 2.24) is 4.90 Å². The smallest absolute Gasteiger partial charge is 0.226 e. The van der Waals surface area contributed by atoms with Crippen LogP contribution in [0.3, 0.4) is 0 Å². The Labute approximate surface area is 97.1 Å². The second-order valence-electron chi connectivity index (χ2n) is 5.12. The molecule has 2 fully saturated rings. The van der Waals surface area contributed by atoms with E-state index < -0.39 is 0 Å². The van der Waals surface area contributed by atoms with Crippen molar-refractivity contribution in [2.24, 2.45) is 11.7 Å². The van der Waals surface area contributed by atoms with Gasteiger partial charge in [0.25, 0.3) is 0 Å². The first-order chi connectivity index (χ1) is 7.59. The minimum absolute atomic E-state index is 0.146. The number of rotatable bonds is 1. The maximum Gasteiger partial charge on any atom is 0.226 e. The van der Waals surface area contributed by atoms with Gasteiger partial charge in [0, 0.05) is 18.5 Å².